The lowest BCUT2D eigenvalue weighted by Gasteiger charge is -2.13. The van der Waals surface area contributed by atoms with E-state index in [4.69, 9.17) is 12.2 Å². The molecule has 0 spiro atoms. The van der Waals surface area contributed by atoms with Crippen LogP contribution in [0.25, 0.3) is 0 Å². The van der Waals surface area contributed by atoms with E-state index in [2.05, 4.69) is 52.2 Å². The summed E-state index contributed by atoms with van der Waals surface area (Å²) < 4.78 is 2.06. The van der Waals surface area contributed by atoms with Crippen molar-refractivity contribution in [3.8, 4) is 0 Å². The number of thiocarbonyl (C=S) groups is 1. The molecular formula is C15H20N4S. The summed E-state index contributed by atoms with van der Waals surface area (Å²) in [4.78, 5) is 4.01. The predicted octanol–water partition coefficient (Wildman–Crippen LogP) is 2.88. The van der Waals surface area contributed by atoms with Crippen LogP contribution in [0.5, 0.6) is 0 Å². The number of rotatable bonds is 5. The number of hydrogen-bond donors (Lipinski definition) is 2. The van der Waals surface area contributed by atoms with Gasteiger partial charge >= 0.3 is 0 Å². The Morgan fingerprint density at radius 1 is 1.35 bits per heavy atom. The minimum absolute atomic E-state index is 0.669. The number of nitrogens with one attached hydrogen (secondary N) is 2. The summed E-state index contributed by atoms with van der Waals surface area (Å²) >= 11 is 5.30. The number of imidazole rings is 1. The van der Waals surface area contributed by atoms with E-state index in [0.29, 0.717) is 5.11 Å². The van der Waals surface area contributed by atoms with Crippen molar-refractivity contribution in [2.75, 3.05) is 11.9 Å². The average molecular weight is 288 g/mol. The van der Waals surface area contributed by atoms with Crippen molar-refractivity contribution >= 4 is 23.0 Å². The molecule has 0 bridgehead atoms. The van der Waals surface area contributed by atoms with Gasteiger partial charge in [0.05, 0.1) is 6.33 Å². The summed E-state index contributed by atoms with van der Waals surface area (Å²) in [6.45, 7) is 5.95. The van der Waals surface area contributed by atoms with Gasteiger partial charge in [0.25, 0.3) is 0 Å². The zero-order valence-electron chi connectivity index (χ0n) is 11.9. The van der Waals surface area contributed by atoms with Crippen molar-refractivity contribution in [2.24, 2.45) is 0 Å². The molecule has 0 radical (unpaired) electrons. The molecule has 2 aromatic rings. The van der Waals surface area contributed by atoms with E-state index >= 15 is 0 Å². The molecule has 0 saturated heterocycles. The van der Waals surface area contributed by atoms with Gasteiger partial charge in [-0.05, 0) is 44.1 Å². The molecule has 20 heavy (non-hydrogen) atoms. The van der Waals surface area contributed by atoms with Crippen LogP contribution in [0, 0.1) is 13.8 Å². The Balaban J connectivity index is 1.72. The molecule has 0 fully saturated rings. The van der Waals surface area contributed by atoms with Crippen LogP contribution in [-0.2, 0) is 6.54 Å². The number of aromatic nitrogens is 2. The van der Waals surface area contributed by atoms with Crippen LogP contribution in [0.1, 0.15) is 17.5 Å². The van der Waals surface area contributed by atoms with Crippen molar-refractivity contribution in [2.45, 2.75) is 26.8 Å². The van der Waals surface area contributed by atoms with Crippen LogP contribution >= 0.6 is 12.2 Å². The van der Waals surface area contributed by atoms with E-state index in [1.54, 1.807) is 6.20 Å². The maximum Gasteiger partial charge on any atom is 0.170 e. The minimum atomic E-state index is 0.669. The monoisotopic (exact) mass is 288 g/mol. The molecule has 0 aliphatic rings. The summed E-state index contributed by atoms with van der Waals surface area (Å²) in [6.07, 6.45) is 6.59. The third-order valence-electron chi connectivity index (χ3n) is 3.07. The van der Waals surface area contributed by atoms with Crippen molar-refractivity contribution in [1.82, 2.24) is 14.9 Å². The van der Waals surface area contributed by atoms with Crippen LogP contribution < -0.4 is 10.6 Å². The van der Waals surface area contributed by atoms with Crippen LogP contribution in [0.15, 0.2) is 36.9 Å². The molecule has 0 saturated carbocycles. The number of benzene rings is 1. The Labute approximate surface area is 125 Å². The van der Waals surface area contributed by atoms with E-state index in [1.807, 2.05) is 12.5 Å². The first-order valence-electron chi connectivity index (χ1n) is 6.73. The first-order chi connectivity index (χ1) is 9.65. The van der Waals surface area contributed by atoms with E-state index in [9.17, 15) is 0 Å². The molecule has 4 nitrogen and oxygen atoms in total. The van der Waals surface area contributed by atoms with E-state index in [0.717, 1.165) is 25.2 Å². The highest BCUT2D eigenvalue weighted by atomic mass is 32.1. The summed E-state index contributed by atoms with van der Waals surface area (Å²) in [6, 6.07) is 6.28. The second kappa shape index (κ2) is 7.05. The fourth-order valence-corrected chi connectivity index (χ4v) is 2.21. The molecular weight excluding hydrogens is 268 g/mol. The first-order valence-corrected chi connectivity index (χ1v) is 7.14. The molecule has 1 aromatic carbocycles. The first kappa shape index (κ1) is 14.5. The fraction of sp³-hybridized carbons (Fsp3) is 0.333. The highest BCUT2D eigenvalue weighted by Gasteiger charge is 2.01. The zero-order valence-corrected chi connectivity index (χ0v) is 12.7. The maximum absolute atomic E-state index is 5.30. The summed E-state index contributed by atoms with van der Waals surface area (Å²) in [7, 11) is 0. The lowest BCUT2D eigenvalue weighted by Crippen LogP contribution is -2.30. The summed E-state index contributed by atoms with van der Waals surface area (Å²) in [5.41, 5.74) is 3.52. The lowest BCUT2D eigenvalue weighted by atomic mass is 10.1. The van der Waals surface area contributed by atoms with Gasteiger partial charge in [0.15, 0.2) is 5.11 Å². The molecule has 0 atom stereocenters. The third kappa shape index (κ3) is 4.35. The standard InChI is InChI=1S/C15H20N4S/c1-12-4-5-14(13(2)10-12)18-15(20)17-6-3-8-19-9-7-16-11-19/h4-5,7,9-11H,3,6,8H2,1-2H3,(H2,17,18,20). The van der Waals surface area contributed by atoms with E-state index in [-0.39, 0.29) is 0 Å². The molecule has 1 heterocycles. The molecule has 106 valence electrons. The highest BCUT2D eigenvalue weighted by molar-refractivity contribution is 7.80. The molecule has 2 N–H and O–H groups in total. The van der Waals surface area contributed by atoms with E-state index < -0.39 is 0 Å². The Morgan fingerprint density at radius 2 is 2.20 bits per heavy atom. The number of aryl methyl sites for hydroxylation is 3. The number of nitrogens with zero attached hydrogens (tertiary/aromatic N) is 2. The van der Waals surface area contributed by atoms with Gasteiger partial charge in [0, 0.05) is 31.2 Å². The quantitative estimate of drug-likeness (QED) is 0.656. The SMILES string of the molecule is Cc1ccc(NC(=S)NCCCn2ccnc2)c(C)c1. The summed E-state index contributed by atoms with van der Waals surface area (Å²) in [5, 5.41) is 7.12. The van der Waals surface area contributed by atoms with Gasteiger partial charge in [0.1, 0.15) is 0 Å². The zero-order chi connectivity index (χ0) is 14.4. The second-order valence-electron chi connectivity index (χ2n) is 4.85. The topological polar surface area (TPSA) is 41.9 Å². The Morgan fingerprint density at radius 3 is 2.90 bits per heavy atom. The molecule has 0 amide bonds. The predicted molar refractivity (Wildman–Crippen MR) is 87.0 cm³/mol. The van der Waals surface area contributed by atoms with Gasteiger partial charge in [0.2, 0.25) is 0 Å². The van der Waals surface area contributed by atoms with Crippen molar-refractivity contribution in [3.63, 3.8) is 0 Å². The molecule has 1 aromatic heterocycles. The van der Waals surface area contributed by atoms with Crippen LogP contribution in [-0.4, -0.2) is 21.2 Å². The lowest BCUT2D eigenvalue weighted by molar-refractivity contribution is 0.632. The maximum atomic E-state index is 5.30. The Kier molecular flexibility index (Phi) is 5.12. The van der Waals surface area contributed by atoms with Crippen molar-refractivity contribution < 1.29 is 0 Å². The smallest absolute Gasteiger partial charge is 0.170 e. The molecule has 0 unspecified atom stereocenters. The van der Waals surface area contributed by atoms with Crippen molar-refractivity contribution in [1.29, 1.82) is 0 Å². The molecule has 0 aliphatic heterocycles. The van der Waals surface area contributed by atoms with Gasteiger partial charge in [-0.1, -0.05) is 17.7 Å². The number of hydrogen-bond acceptors (Lipinski definition) is 2. The van der Waals surface area contributed by atoms with Gasteiger partial charge in [-0.15, -0.1) is 0 Å². The van der Waals surface area contributed by atoms with Crippen LogP contribution in [0.2, 0.25) is 0 Å². The summed E-state index contributed by atoms with van der Waals surface area (Å²) in [5.74, 6) is 0. The fourth-order valence-electron chi connectivity index (χ4n) is 2.00. The second-order valence-corrected chi connectivity index (χ2v) is 5.26. The molecule has 0 aliphatic carbocycles. The van der Waals surface area contributed by atoms with Gasteiger partial charge in [-0.2, -0.15) is 0 Å². The Bertz CT molecular complexity index is 563. The van der Waals surface area contributed by atoms with Gasteiger partial charge < -0.3 is 15.2 Å². The Hall–Kier alpha value is -1.88. The third-order valence-corrected chi connectivity index (χ3v) is 3.31. The highest BCUT2D eigenvalue weighted by Crippen LogP contribution is 2.15. The van der Waals surface area contributed by atoms with Gasteiger partial charge in [-0.25, -0.2) is 4.98 Å². The van der Waals surface area contributed by atoms with Gasteiger partial charge in [-0.3, -0.25) is 0 Å². The normalized spacial score (nSPS) is 10.3. The molecule has 5 heteroatoms. The van der Waals surface area contributed by atoms with Crippen molar-refractivity contribution in [3.05, 3.63) is 48.0 Å². The average Bonchev–Trinajstić information content (AvgIpc) is 2.91. The minimum Gasteiger partial charge on any atom is -0.362 e. The van der Waals surface area contributed by atoms with E-state index in [1.165, 1.54) is 11.1 Å². The van der Waals surface area contributed by atoms with Crippen LogP contribution in [0.4, 0.5) is 5.69 Å². The number of anilines is 1. The van der Waals surface area contributed by atoms with Crippen LogP contribution in [0.3, 0.4) is 0 Å². The largest absolute Gasteiger partial charge is 0.362 e. The molecule has 2 rings (SSSR count).